The SMILES string of the molecule is CCCC(=O)/C(=C\OC)C(=O)O. The monoisotopic (exact) mass is 172 g/mol. The fraction of sp³-hybridized carbons (Fsp3) is 0.500. The van der Waals surface area contributed by atoms with E-state index in [1.54, 1.807) is 0 Å². The van der Waals surface area contributed by atoms with Crippen molar-refractivity contribution in [2.45, 2.75) is 19.8 Å². The number of carboxylic acid groups (broad SMARTS) is 1. The maximum absolute atomic E-state index is 11.0. The second-order valence-electron chi connectivity index (χ2n) is 2.25. The molecular formula is C8H12O4. The normalized spacial score (nSPS) is 11.0. The lowest BCUT2D eigenvalue weighted by Crippen LogP contribution is -2.12. The van der Waals surface area contributed by atoms with Crippen molar-refractivity contribution in [3.8, 4) is 0 Å². The van der Waals surface area contributed by atoms with E-state index in [4.69, 9.17) is 5.11 Å². The number of Topliss-reactive ketones (excluding diaryl/α,β-unsaturated/α-hetero) is 1. The number of methoxy groups -OCH3 is 1. The van der Waals surface area contributed by atoms with Gasteiger partial charge in [-0.15, -0.1) is 0 Å². The van der Waals surface area contributed by atoms with Crippen LogP contribution in [0.25, 0.3) is 0 Å². The molecule has 0 aromatic rings. The topological polar surface area (TPSA) is 63.6 Å². The van der Waals surface area contributed by atoms with Gasteiger partial charge in [0.05, 0.1) is 7.11 Å². The maximum Gasteiger partial charge on any atom is 0.342 e. The van der Waals surface area contributed by atoms with Crippen LogP contribution in [0.2, 0.25) is 0 Å². The predicted octanol–water partition coefficient (Wildman–Crippen LogP) is 0.970. The van der Waals surface area contributed by atoms with Crippen LogP contribution in [0.15, 0.2) is 11.8 Å². The van der Waals surface area contributed by atoms with Crippen LogP contribution in [0.3, 0.4) is 0 Å². The minimum absolute atomic E-state index is 0.238. The number of rotatable bonds is 5. The van der Waals surface area contributed by atoms with Crippen molar-refractivity contribution in [1.82, 2.24) is 0 Å². The van der Waals surface area contributed by atoms with Crippen LogP contribution in [0, 0.1) is 0 Å². The zero-order chi connectivity index (χ0) is 9.56. The van der Waals surface area contributed by atoms with Gasteiger partial charge in [-0.25, -0.2) is 4.79 Å². The standard InChI is InChI=1S/C8H12O4/c1-3-4-7(9)6(5-12-2)8(10)11/h5H,3-4H2,1-2H3,(H,10,11)/b6-5+. The summed E-state index contributed by atoms with van der Waals surface area (Å²) in [6, 6.07) is 0. The number of hydrogen-bond acceptors (Lipinski definition) is 3. The molecule has 0 aliphatic carbocycles. The number of carbonyl (C=O) groups excluding carboxylic acids is 1. The first-order valence-corrected chi connectivity index (χ1v) is 3.63. The summed E-state index contributed by atoms with van der Waals surface area (Å²) in [7, 11) is 1.31. The van der Waals surface area contributed by atoms with Gasteiger partial charge in [0.15, 0.2) is 5.78 Å². The van der Waals surface area contributed by atoms with Gasteiger partial charge in [0.25, 0.3) is 0 Å². The van der Waals surface area contributed by atoms with Crippen molar-refractivity contribution in [2.75, 3.05) is 7.11 Å². The number of carboxylic acids is 1. The Balaban J connectivity index is 4.41. The Morgan fingerprint density at radius 3 is 2.42 bits per heavy atom. The number of carbonyl (C=O) groups is 2. The zero-order valence-electron chi connectivity index (χ0n) is 7.16. The molecule has 68 valence electrons. The summed E-state index contributed by atoms with van der Waals surface area (Å²) in [5.74, 6) is -1.64. The Morgan fingerprint density at radius 1 is 1.50 bits per heavy atom. The van der Waals surface area contributed by atoms with E-state index in [0.717, 1.165) is 6.26 Å². The second-order valence-corrected chi connectivity index (χ2v) is 2.25. The largest absolute Gasteiger partial charge is 0.503 e. The van der Waals surface area contributed by atoms with Crippen LogP contribution in [-0.2, 0) is 14.3 Å². The van der Waals surface area contributed by atoms with Gasteiger partial charge in [0, 0.05) is 6.42 Å². The van der Waals surface area contributed by atoms with E-state index in [-0.39, 0.29) is 12.0 Å². The van der Waals surface area contributed by atoms with Crippen LogP contribution in [0.5, 0.6) is 0 Å². The van der Waals surface area contributed by atoms with Gasteiger partial charge >= 0.3 is 5.97 Å². The summed E-state index contributed by atoms with van der Waals surface area (Å²) in [6.07, 6.45) is 1.83. The molecule has 0 fully saturated rings. The molecule has 0 radical (unpaired) electrons. The Bertz CT molecular complexity index is 205. The molecule has 0 atom stereocenters. The van der Waals surface area contributed by atoms with Gasteiger partial charge in [-0.2, -0.15) is 0 Å². The average molecular weight is 172 g/mol. The number of aliphatic carboxylic acids is 1. The molecule has 1 N–H and O–H groups in total. The van der Waals surface area contributed by atoms with E-state index >= 15 is 0 Å². The van der Waals surface area contributed by atoms with E-state index in [1.807, 2.05) is 6.92 Å². The summed E-state index contributed by atoms with van der Waals surface area (Å²) >= 11 is 0. The Labute approximate surface area is 70.8 Å². The van der Waals surface area contributed by atoms with Gasteiger partial charge in [-0.3, -0.25) is 4.79 Å². The lowest BCUT2D eigenvalue weighted by atomic mass is 10.1. The van der Waals surface area contributed by atoms with E-state index in [0.29, 0.717) is 6.42 Å². The van der Waals surface area contributed by atoms with E-state index in [9.17, 15) is 9.59 Å². The maximum atomic E-state index is 11.0. The Hall–Kier alpha value is -1.32. The highest BCUT2D eigenvalue weighted by atomic mass is 16.5. The fourth-order valence-corrected chi connectivity index (χ4v) is 0.715. The van der Waals surface area contributed by atoms with Crippen molar-refractivity contribution in [2.24, 2.45) is 0 Å². The molecule has 0 saturated carbocycles. The summed E-state index contributed by atoms with van der Waals surface area (Å²) in [5.41, 5.74) is -0.292. The quantitative estimate of drug-likeness (QED) is 0.290. The van der Waals surface area contributed by atoms with Crippen molar-refractivity contribution in [3.63, 3.8) is 0 Å². The second kappa shape index (κ2) is 5.35. The third kappa shape index (κ3) is 3.18. The van der Waals surface area contributed by atoms with Crippen LogP contribution < -0.4 is 0 Å². The lowest BCUT2D eigenvalue weighted by molar-refractivity contribution is -0.134. The third-order valence-corrected chi connectivity index (χ3v) is 1.24. The summed E-state index contributed by atoms with van der Waals surface area (Å²) in [4.78, 5) is 21.5. The molecule has 0 spiro atoms. The summed E-state index contributed by atoms with van der Waals surface area (Å²) in [6.45, 7) is 1.81. The minimum atomic E-state index is -1.24. The molecule has 0 bridgehead atoms. The predicted molar refractivity (Wildman–Crippen MR) is 42.6 cm³/mol. The van der Waals surface area contributed by atoms with Crippen LogP contribution in [0.1, 0.15) is 19.8 Å². The molecule has 0 aliphatic rings. The molecule has 0 aromatic heterocycles. The highest BCUT2D eigenvalue weighted by Gasteiger charge is 2.16. The van der Waals surface area contributed by atoms with Crippen molar-refractivity contribution in [3.05, 3.63) is 11.8 Å². The van der Waals surface area contributed by atoms with Gasteiger partial charge in [-0.1, -0.05) is 6.92 Å². The summed E-state index contributed by atoms with van der Waals surface area (Å²) < 4.78 is 4.47. The lowest BCUT2D eigenvalue weighted by Gasteiger charge is -1.98. The summed E-state index contributed by atoms with van der Waals surface area (Å²) in [5, 5.41) is 8.53. The van der Waals surface area contributed by atoms with Crippen molar-refractivity contribution in [1.29, 1.82) is 0 Å². The molecule has 4 heteroatoms. The Morgan fingerprint density at radius 2 is 2.08 bits per heavy atom. The first-order valence-electron chi connectivity index (χ1n) is 3.63. The molecule has 12 heavy (non-hydrogen) atoms. The van der Waals surface area contributed by atoms with E-state index in [2.05, 4.69) is 4.74 Å². The molecular weight excluding hydrogens is 160 g/mol. The molecule has 0 aromatic carbocycles. The fourth-order valence-electron chi connectivity index (χ4n) is 0.715. The number of ketones is 1. The molecule has 4 nitrogen and oxygen atoms in total. The first-order chi connectivity index (χ1) is 5.63. The highest BCUT2D eigenvalue weighted by molar-refractivity contribution is 6.16. The molecule has 0 heterocycles. The number of ether oxygens (including phenoxy) is 1. The molecule has 0 aliphatic heterocycles. The van der Waals surface area contributed by atoms with Gasteiger partial charge in [-0.05, 0) is 6.42 Å². The van der Waals surface area contributed by atoms with Crippen LogP contribution in [0.4, 0.5) is 0 Å². The highest BCUT2D eigenvalue weighted by Crippen LogP contribution is 2.02. The van der Waals surface area contributed by atoms with Gasteiger partial charge < -0.3 is 9.84 Å². The van der Waals surface area contributed by atoms with Crippen LogP contribution >= 0.6 is 0 Å². The molecule has 0 amide bonds. The van der Waals surface area contributed by atoms with Crippen molar-refractivity contribution >= 4 is 11.8 Å². The third-order valence-electron chi connectivity index (χ3n) is 1.24. The average Bonchev–Trinajstić information content (AvgIpc) is 1.99. The molecule has 0 saturated heterocycles. The van der Waals surface area contributed by atoms with Gasteiger partial charge in [0.2, 0.25) is 0 Å². The van der Waals surface area contributed by atoms with Crippen LogP contribution in [-0.4, -0.2) is 24.0 Å². The minimum Gasteiger partial charge on any atom is -0.503 e. The van der Waals surface area contributed by atoms with Gasteiger partial charge in [0.1, 0.15) is 11.8 Å². The first kappa shape index (κ1) is 10.7. The van der Waals surface area contributed by atoms with E-state index < -0.39 is 11.8 Å². The van der Waals surface area contributed by atoms with E-state index in [1.165, 1.54) is 7.11 Å². The smallest absolute Gasteiger partial charge is 0.342 e. The number of hydrogen-bond donors (Lipinski definition) is 1. The van der Waals surface area contributed by atoms with Crippen molar-refractivity contribution < 1.29 is 19.4 Å². The zero-order valence-corrected chi connectivity index (χ0v) is 7.16. The Kier molecular flexibility index (Phi) is 4.76. The molecule has 0 unspecified atom stereocenters. The molecule has 0 rings (SSSR count).